The lowest BCUT2D eigenvalue weighted by Gasteiger charge is -2.36. The lowest BCUT2D eigenvalue weighted by Crippen LogP contribution is -2.50. The fraction of sp³-hybridized carbons (Fsp3) is 0.500. The number of benzene rings is 1. The van der Waals surface area contributed by atoms with Crippen LogP contribution in [0.3, 0.4) is 0 Å². The van der Waals surface area contributed by atoms with Crippen LogP contribution < -0.4 is 16.8 Å². The number of rotatable bonds is 6. The lowest BCUT2D eigenvalue weighted by atomic mass is 9.79. The Bertz CT molecular complexity index is 577. The van der Waals surface area contributed by atoms with Gasteiger partial charge in [0, 0.05) is 24.8 Å². The van der Waals surface area contributed by atoms with Gasteiger partial charge in [-0.2, -0.15) is 0 Å². The van der Waals surface area contributed by atoms with Crippen LogP contribution in [0.25, 0.3) is 0 Å². The molecule has 2 amide bonds. The maximum atomic E-state index is 12.8. The molecule has 1 aromatic carbocycles. The molecule has 0 aromatic heterocycles. The minimum Gasteiger partial charge on any atom is -0.381 e. The Balaban J connectivity index is 0.00000288. The van der Waals surface area contributed by atoms with Crippen LogP contribution in [0.1, 0.15) is 30.9 Å². The Morgan fingerprint density at radius 3 is 2.54 bits per heavy atom. The number of ether oxygens (including phenoxy) is 1. The van der Waals surface area contributed by atoms with E-state index in [4.69, 9.17) is 27.8 Å². The minimum absolute atomic E-state index is 0. The van der Waals surface area contributed by atoms with Gasteiger partial charge in [-0.3, -0.25) is 9.59 Å². The van der Waals surface area contributed by atoms with E-state index in [-0.39, 0.29) is 31.3 Å². The number of primary amides is 1. The molecular formula is C16H23Cl2N3O3. The normalized spacial score (nSPS) is 17.4. The summed E-state index contributed by atoms with van der Waals surface area (Å²) in [5.41, 5.74) is 11.2. The zero-order valence-electron chi connectivity index (χ0n) is 13.3. The summed E-state index contributed by atoms with van der Waals surface area (Å²) in [7, 11) is 0. The second-order valence-electron chi connectivity index (χ2n) is 5.85. The second kappa shape index (κ2) is 9.22. The fourth-order valence-corrected chi connectivity index (χ4v) is 2.97. The number of hydrogen-bond donors (Lipinski definition) is 3. The van der Waals surface area contributed by atoms with Crippen molar-refractivity contribution in [2.24, 2.45) is 16.9 Å². The van der Waals surface area contributed by atoms with E-state index in [9.17, 15) is 9.59 Å². The molecule has 134 valence electrons. The van der Waals surface area contributed by atoms with Crippen molar-refractivity contribution >= 4 is 35.8 Å². The molecule has 8 heteroatoms. The van der Waals surface area contributed by atoms with Gasteiger partial charge in [0.1, 0.15) is 0 Å². The Morgan fingerprint density at radius 1 is 1.33 bits per heavy atom. The van der Waals surface area contributed by atoms with Gasteiger partial charge >= 0.3 is 0 Å². The first-order chi connectivity index (χ1) is 11.0. The summed E-state index contributed by atoms with van der Waals surface area (Å²) in [6, 6.07) is 6.50. The van der Waals surface area contributed by atoms with Gasteiger partial charge in [0.25, 0.3) is 0 Å². The third-order valence-electron chi connectivity index (χ3n) is 4.28. The first-order valence-corrected chi connectivity index (χ1v) is 7.97. The van der Waals surface area contributed by atoms with Crippen molar-refractivity contribution < 1.29 is 14.3 Å². The molecule has 1 aliphatic rings. The smallest absolute Gasteiger partial charge is 0.228 e. The average Bonchev–Trinajstić information content (AvgIpc) is 2.54. The van der Waals surface area contributed by atoms with Crippen LogP contribution in [0.15, 0.2) is 24.3 Å². The molecule has 2 rings (SSSR count). The molecule has 0 bridgehead atoms. The van der Waals surface area contributed by atoms with Crippen LogP contribution in [-0.2, 0) is 14.3 Å². The second-order valence-corrected chi connectivity index (χ2v) is 6.28. The predicted molar refractivity (Wildman–Crippen MR) is 94.9 cm³/mol. The molecule has 0 aliphatic carbocycles. The van der Waals surface area contributed by atoms with Gasteiger partial charge in [-0.15, -0.1) is 12.4 Å². The van der Waals surface area contributed by atoms with Crippen molar-refractivity contribution in [3.63, 3.8) is 0 Å². The van der Waals surface area contributed by atoms with Crippen LogP contribution >= 0.6 is 24.0 Å². The summed E-state index contributed by atoms with van der Waals surface area (Å²) in [5.74, 6) is -0.668. The average molecular weight is 376 g/mol. The zero-order valence-corrected chi connectivity index (χ0v) is 14.9. The largest absolute Gasteiger partial charge is 0.381 e. The molecule has 1 atom stereocenters. The quantitative estimate of drug-likeness (QED) is 0.700. The van der Waals surface area contributed by atoms with E-state index in [1.54, 1.807) is 24.3 Å². The molecule has 0 radical (unpaired) electrons. The zero-order chi connectivity index (χ0) is 16.9. The van der Waals surface area contributed by atoms with Crippen LogP contribution in [0, 0.1) is 5.41 Å². The minimum atomic E-state index is -0.660. The van der Waals surface area contributed by atoms with Crippen LogP contribution in [-0.4, -0.2) is 31.6 Å². The molecule has 0 saturated carbocycles. The topological polar surface area (TPSA) is 107 Å². The van der Waals surface area contributed by atoms with Gasteiger partial charge in [-0.25, -0.2) is 0 Å². The molecule has 1 aromatic rings. The molecular weight excluding hydrogens is 353 g/mol. The van der Waals surface area contributed by atoms with Gasteiger partial charge in [0.05, 0.1) is 17.9 Å². The molecule has 1 heterocycles. The molecule has 5 N–H and O–H groups in total. The number of nitrogens with one attached hydrogen (secondary N) is 1. The molecule has 0 spiro atoms. The number of halogens is 2. The summed E-state index contributed by atoms with van der Waals surface area (Å²) in [5, 5.41) is 3.45. The molecule has 24 heavy (non-hydrogen) atoms. The SMILES string of the molecule is Cl.NCC1(C(=O)N[C@H](CC(N)=O)c2cccc(Cl)c2)CCOCC1. The van der Waals surface area contributed by atoms with E-state index >= 15 is 0 Å². The summed E-state index contributed by atoms with van der Waals surface area (Å²) in [6.07, 6.45) is 1.13. The van der Waals surface area contributed by atoms with E-state index in [0.29, 0.717) is 31.1 Å². The number of nitrogens with two attached hydrogens (primary N) is 2. The Kier molecular flexibility index (Phi) is 7.96. The fourth-order valence-electron chi connectivity index (χ4n) is 2.77. The maximum absolute atomic E-state index is 12.8. The van der Waals surface area contributed by atoms with Crippen LogP contribution in [0.5, 0.6) is 0 Å². The highest BCUT2D eigenvalue weighted by Crippen LogP contribution is 2.31. The summed E-state index contributed by atoms with van der Waals surface area (Å²) in [4.78, 5) is 24.1. The third-order valence-corrected chi connectivity index (χ3v) is 4.52. The monoisotopic (exact) mass is 375 g/mol. The first kappa shape index (κ1) is 20.7. The molecule has 1 fully saturated rings. The number of carbonyl (C=O) groups is 2. The van der Waals surface area contributed by atoms with Gasteiger partial charge in [-0.1, -0.05) is 23.7 Å². The highest BCUT2D eigenvalue weighted by Gasteiger charge is 2.39. The van der Waals surface area contributed by atoms with Crippen LogP contribution in [0.2, 0.25) is 5.02 Å². The van der Waals surface area contributed by atoms with Gasteiger partial charge in [0.15, 0.2) is 0 Å². The predicted octanol–water partition coefficient (Wildman–Crippen LogP) is 1.55. The van der Waals surface area contributed by atoms with E-state index < -0.39 is 17.4 Å². The van der Waals surface area contributed by atoms with E-state index in [0.717, 1.165) is 5.56 Å². The van der Waals surface area contributed by atoms with Crippen molar-refractivity contribution in [1.82, 2.24) is 5.32 Å². The van der Waals surface area contributed by atoms with Crippen molar-refractivity contribution in [3.8, 4) is 0 Å². The Labute approximate surface area is 152 Å². The maximum Gasteiger partial charge on any atom is 0.228 e. The Hall–Kier alpha value is -1.34. The lowest BCUT2D eigenvalue weighted by molar-refractivity contribution is -0.137. The highest BCUT2D eigenvalue weighted by atomic mass is 35.5. The van der Waals surface area contributed by atoms with Gasteiger partial charge < -0.3 is 21.5 Å². The molecule has 0 unspecified atom stereocenters. The number of hydrogen-bond acceptors (Lipinski definition) is 4. The van der Waals surface area contributed by atoms with E-state index in [1.807, 2.05) is 0 Å². The summed E-state index contributed by atoms with van der Waals surface area (Å²) >= 11 is 6.00. The van der Waals surface area contributed by atoms with E-state index in [2.05, 4.69) is 5.32 Å². The number of carbonyl (C=O) groups excluding carboxylic acids is 2. The van der Waals surface area contributed by atoms with Crippen molar-refractivity contribution in [2.45, 2.75) is 25.3 Å². The van der Waals surface area contributed by atoms with Gasteiger partial charge in [0.2, 0.25) is 11.8 Å². The molecule has 1 aliphatic heterocycles. The van der Waals surface area contributed by atoms with Crippen LogP contribution in [0.4, 0.5) is 0 Å². The molecule has 1 saturated heterocycles. The highest BCUT2D eigenvalue weighted by molar-refractivity contribution is 6.30. The van der Waals surface area contributed by atoms with Crippen molar-refractivity contribution in [1.29, 1.82) is 0 Å². The first-order valence-electron chi connectivity index (χ1n) is 7.59. The third kappa shape index (κ3) is 5.08. The Morgan fingerprint density at radius 2 is 2.00 bits per heavy atom. The summed E-state index contributed by atoms with van der Waals surface area (Å²) < 4.78 is 5.32. The standard InChI is InChI=1S/C16H22ClN3O3.ClH/c17-12-3-1-2-11(8-12)13(9-14(19)21)20-15(22)16(10-18)4-6-23-7-5-16;/h1-3,8,13H,4-7,9-10,18H2,(H2,19,21)(H,20,22);1H/t13-;/m1./s1. The van der Waals surface area contributed by atoms with Crippen molar-refractivity contribution in [3.05, 3.63) is 34.9 Å². The molecule has 6 nitrogen and oxygen atoms in total. The van der Waals surface area contributed by atoms with Gasteiger partial charge in [-0.05, 0) is 30.5 Å². The number of amides is 2. The van der Waals surface area contributed by atoms with E-state index in [1.165, 1.54) is 0 Å². The summed E-state index contributed by atoms with van der Waals surface area (Å²) in [6.45, 7) is 1.24. The van der Waals surface area contributed by atoms with Crippen molar-refractivity contribution in [2.75, 3.05) is 19.8 Å².